The molecular formula is C15H24O. The SMILES string of the molecule is CC(C)=CC=C[C@@H](C)C1CC[C@H](C)C(=O)C1. The van der Waals surface area contributed by atoms with Crippen LogP contribution in [0.1, 0.15) is 47.0 Å². The lowest BCUT2D eigenvalue weighted by Gasteiger charge is -2.28. The fraction of sp³-hybridized carbons (Fsp3) is 0.667. The molecule has 1 aliphatic carbocycles. The van der Waals surface area contributed by atoms with Crippen LogP contribution in [0.2, 0.25) is 0 Å². The predicted octanol–water partition coefficient (Wildman–Crippen LogP) is 4.15. The van der Waals surface area contributed by atoms with Crippen LogP contribution in [-0.2, 0) is 4.79 Å². The molecular weight excluding hydrogens is 196 g/mol. The molecule has 1 heteroatoms. The van der Waals surface area contributed by atoms with E-state index in [1.54, 1.807) is 0 Å². The van der Waals surface area contributed by atoms with Gasteiger partial charge in [-0.2, -0.15) is 0 Å². The van der Waals surface area contributed by atoms with Gasteiger partial charge in [-0.05, 0) is 38.5 Å². The maximum absolute atomic E-state index is 11.7. The van der Waals surface area contributed by atoms with Crippen molar-refractivity contribution in [3.63, 3.8) is 0 Å². The number of carbonyl (C=O) groups is 1. The smallest absolute Gasteiger partial charge is 0.135 e. The molecule has 1 aliphatic rings. The van der Waals surface area contributed by atoms with Gasteiger partial charge < -0.3 is 0 Å². The zero-order valence-corrected chi connectivity index (χ0v) is 11.0. The number of allylic oxidation sites excluding steroid dienone is 4. The highest BCUT2D eigenvalue weighted by Crippen LogP contribution is 2.31. The summed E-state index contributed by atoms with van der Waals surface area (Å²) < 4.78 is 0. The Morgan fingerprint density at radius 3 is 2.62 bits per heavy atom. The van der Waals surface area contributed by atoms with Crippen molar-refractivity contribution in [3.05, 3.63) is 23.8 Å². The first-order chi connectivity index (χ1) is 7.50. The molecule has 0 spiro atoms. The van der Waals surface area contributed by atoms with Crippen molar-refractivity contribution >= 4 is 5.78 Å². The van der Waals surface area contributed by atoms with Crippen LogP contribution >= 0.6 is 0 Å². The summed E-state index contributed by atoms with van der Waals surface area (Å²) in [5, 5.41) is 0. The van der Waals surface area contributed by atoms with E-state index in [1.807, 2.05) is 0 Å². The summed E-state index contributed by atoms with van der Waals surface area (Å²) in [5.41, 5.74) is 1.32. The van der Waals surface area contributed by atoms with Crippen molar-refractivity contribution in [3.8, 4) is 0 Å². The molecule has 0 aromatic heterocycles. The Bertz CT molecular complexity index is 295. The Labute approximate surface area is 99.6 Å². The maximum Gasteiger partial charge on any atom is 0.135 e. The Kier molecular flexibility index (Phi) is 4.98. The highest BCUT2D eigenvalue weighted by atomic mass is 16.1. The molecule has 1 rings (SSSR count). The normalized spacial score (nSPS) is 28.1. The van der Waals surface area contributed by atoms with E-state index in [2.05, 4.69) is 45.9 Å². The van der Waals surface area contributed by atoms with Gasteiger partial charge >= 0.3 is 0 Å². The third-order valence-corrected chi connectivity index (χ3v) is 3.57. The zero-order chi connectivity index (χ0) is 12.1. The largest absolute Gasteiger partial charge is 0.299 e. The fourth-order valence-corrected chi connectivity index (χ4v) is 2.22. The molecule has 0 bridgehead atoms. The third-order valence-electron chi connectivity index (χ3n) is 3.57. The van der Waals surface area contributed by atoms with Gasteiger partial charge in [-0.15, -0.1) is 0 Å². The number of hydrogen-bond acceptors (Lipinski definition) is 1. The van der Waals surface area contributed by atoms with Crippen molar-refractivity contribution in [2.75, 3.05) is 0 Å². The molecule has 90 valence electrons. The van der Waals surface area contributed by atoms with Crippen LogP contribution < -0.4 is 0 Å². The minimum Gasteiger partial charge on any atom is -0.299 e. The predicted molar refractivity (Wildman–Crippen MR) is 69.2 cm³/mol. The summed E-state index contributed by atoms with van der Waals surface area (Å²) in [6, 6.07) is 0. The van der Waals surface area contributed by atoms with Gasteiger partial charge in [0.1, 0.15) is 5.78 Å². The fourth-order valence-electron chi connectivity index (χ4n) is 2.22. The van der Waals surface area contributed by atoms with Gasteiger partial charge in [-0.1, -0.05) is 37.6 Å². The van der Waals surface area contributed by atoms with E-state index in [1.165, 1.54) is 12.0 Å². The van der Waals surface area contributed by atoms with Gasteiger partial charge in [0.05, 0.1) is 0 Å². The highest BCUT2D eigenvalue weighted by molar-refractivity contribution is 5.81. The van der Waals surface area contributed by atoms with E-state index in [9.17, 15) is 4.79 Å². The number of hydrogen-bond donors (Lipinski definition) is 0. The van der Waals surface area contributed by atoms with Crippen LogP contribution in [0, 0.1) is 17.8 Å². The highest BCUT2D eigenvalue weighted by Gasteiger charge is 2.27. The second-order valence-electron chi connectivity index (χ2n) is 5.40. The topological polar surface area (TPSA) is 17.1 Å². The standard InChI is InChI=1S/C15H24O/c1-11(2)6-5-7-12(3)14-9-8-13(4)15(16)10-14/h5-7,12-14H,8-10H2,1-4H3/t12-,13+,14?/m1/s1. The van der Waals surface area contributed by atoms with E-state index in [4.69, 9.17) is 0 Å². The maximum atomic E-state index is 11.7. The number of ketones is 1. The Balaban J connectivity index is 2.49. The lowest BCUT2D eigenvalue weighted by atomic mass is 9.76. The average molecular weight is 220 g/mol. The molecule has 0 saturated heterocycles. The molecule has 1 saturated carbocycles. The molecule has 0 aromatic carbocycles. The molecule has 0 aromatic rings. The summed E-state index contributed by atoms with van der Waals surface area (Å²) >= 11 is 0. The number of carbonyl (C=O) groups excluding carboxylic acids is 1. The molecule has 1 fully saturated rings. The monoisotopic (exact) mass is 220 g/mol. The summed E-state index contributed by atoms with van der Waals surface area (Å²) in [5.74, 6) is 1.83. The average Bonchev–Trinajstić information content (AvgIpc) is 2.21. The van der Waals surface area contributed by atoms with Gasteiger partial charge in [0.2, 0.25) is 0 Å². The van der Waals surface area contributed by atoms with Crippen molar-refractivity contribution in [1.29, 1.82) is 0 Å². The van der Waals surface area contributed by atoms with E-state index in [0.29, 0.717) is 23.5 Å². The van der Waals surface area contributed by atoms with Crippen LogP contribution in [-0.4, -0.2) is 5.78 Å². The van der Waals surface area contributed by atoms with E-state index in [0.717, 1.165) is 12.8 Å². The molecule has 0 heterocycles. The zero-order valence-electron chi connectivity index (χ0n) is 11.0. The quantitative estimate of drug-likeness (QED) is 0.653. The molecule has 3 atom stereocenters. The molecule has 0 N–H and O–H groups in total. The van der Waals surface area contributed by atoms with Crippen LogP contribution in [0.25, 0.3) is 0 Å². The molecule has 1 nitrogen and oxygen atoms in total. The Morgan fingerprint density at radius 2 is 2.06 bits per heavy atom. The van der Waals surface area contributed by atoms with Crippen LogP contribution in [0.3, 0.4) is 0 Å². The Hall–Kier alpha value is -0.850. The number of Topliss-reactive ketones (excluding diaryl/α,β-unsaturated/α-hetero) is 1. The summed E-state index contributed by atoms with van der Waals surface area (Å²) in [7, 11) is 0. The molecule has 16 heavy (non-hydrogen) atoms. The minimum atomic E-state index is 0.296. The molecule has 1 unspecified atom stereocenters. The summed E-state index contributed by atoms with van der Waals surface area (Å²) in [6.45, 7) is 8.48. The lowest BCUT2D eigenvalue weighted by molar-refractivity contribution is -0.125. The van der Waals surface area contributed by atoms with Crippen molar-refractivity contribution in [2.45, 2.75) is 47.0 Å². The number of rotatable bonds is 3. The van der Waals surface area contributed by atoms with Crippen LogP contribution in [0.5, 0.6) is 0 Å². The van der Waals surface area contributed by atoms with E-state index < -0.39 is 0 Å². The first kappa shape index (κ1) is 13.2. The minimum absolute atomic E-state index is 0.296. The van der Waals surface area contributed by atoms with Crippen molar-refractivity contribution < 1.29 is 4.79 Å². The van der Waals surface area contributed by atoms with Gasteiger partial charge in [0, 0.05) is 12.3 Å². The first-order valence-electron chi connectivity index (χ1n) is 6.35. The summed E-state index contributed by atoms with van der Waals surface area (Å²) in [4.78, 5) is 11.7. The molecule has 0 radical (unpaired) electrons. The van der Waals surface area contributed by atoms with Crippen molar-refractivity contribution in [1.82, 2.24) is 0 Å². The second kappa shape index (κ2) is 6.03. The lowest BCUT2D eigenvalue weighted by Crippen LogP contribution is -2.25. The van der Waals surface area contributed by atoms with Gasteiger partial charge in [0.15, 0.2) is 0 Å². The van der Waals surface area contributed by atoms with E-state index >= 15 is 0 Å². The van der Waals surface area contributed by atoms with Crippen LogP contribution in [0.4, 0.5) is 0 Å². The third kappa shape index (κ3) is 3.96. The summed E-state index contributed by atoms with van der Waals surface area (Å²) in [6.07, 6.45) is 9.55. The van der Waals surface area contributed by atoms with E-state index in [-0.39, 0.29) is 0 Å². The van der Waals surface area contributed by atoms with Crippen LogP contribution in [0.15, 0.2) is 23.8 Å². The van der Waals surface area contributed by atoms with Crippen molar-refractivity contribution in [2.24, 2.45) is 17.8 Å². The first-order valence-corrected chi connectivity index (χ1v) is 6.35. The van der Waals surface area contributed by atoms with Gasteiger partial charge in [0.25, 0.3) is 0 Å². The van der Waals surface area contributed by atoms with Gasteiger partial charge in [-0.25, -0.2) is 0 Å². The molecule has 0 aliphatic heterocycles. The second-order valence-corrected chi connectivity index (χ2v) is 5.40. The Morgan fingerprint density at radius 1 is 1.38 bits per heavy atom. The molecule has 0 amide bonds. The van der Waals surface area contributed by atoms with Gasteiger partial charge in [-0.3, -0.25) is 4.79 Å².